The first kappa shape index (κ1) is 12.8. The van der Waals surface area contributed by atoms with Gasteiger partial charge in [0.25, 0.3) is 0 Å². The lowest BCUT2D eigenvalue weighted by molar-refractivity contribution is 0.102. The first-order valence-corrected chi connectivity index (χ1v) is 5.69. The summed E-state index contributed by atoms with van der Waals surface area (Å²) in [7, 11) is 0. The van der Waals surface area contributed by atoms with Gasteiger partial charge in [-0.3, -0.25) is 0 Å². The number of benzene rings is 1. The second-order valence-electron chi connectivity index (χ2n) is 4.66. The van der Waals surface area contributed by atoms with Gasteiger partial charge in [-0.2, -0.15) is 0 Å². The minimum absolute atomic E-state index is 0.250. The number of aliphatic hydroxyl groups is 1. The van der Waals surface area contributed by atoms with E-state index < -0.39 is 6.10 Å². The van der Waals surface area contributed by atoms with Crippen LogP contribution in [-0.4, -0.2) is 11.2 Å². The van der Waals surface area contributed by atoms with Gasteiger partial charge in [0.15, 0.2) is 0 Å². The van der Waals surface area contributed by atoms with Gasteiger partial charge in [0, 0.05) is 11.8 Å². The Bertz CT molecular complexity index is 369. The van der Waals surface area contributed by atoms with Crippen molar-refractivity contribution in [3.63, 3.8) is 0 Å². The molecule has 2 unspecified atom stereocenters. The summed E-state index contributed by atoms with van der Waals surface area (Å²) >= 11 is 0. The van der Waals surface area contributed by atoms with Gasteiger partial charge in [-0.1, -0.05) is 36.8 Å². The zero-order chi connectivity index (χ0) is 12.2. The maximum atomic E-state index is 9.95. The number of hydrogen-bond acceptors (Lipinski definition) is 1. The first-order chi connectivity index (χ1) is 7.50. The smallest absolute Gasteiger partial charge is 0.0606 e. The third-order valence-corrected chi connectivity index (χ3v) is 3.42. The van der Waals surface area contributed by atoms with Crippen molar-refractivity contribution in [2.75, 3.05) is 0 Å². The molecule has 0 spiro atoms. The average Bonchev–Trinajstić information content (AvgIpc) is 2.26. The number of terminal acetylenes is 1. The third kappa shape index (κ3) is 2.65. The van der Waals surface area contributed by atoms with Crippen LogP contribution in [0.2, 0.25) is 0 Å². The Morgan fingerprint density at radius 1 is 1.38 bits per heavy atom. The van der Waals surface area contributed by atoms with E-state index in [1.54, 1.807) is 0 Å². The Balaban J connectivity index is 3.02. The van der Waals surface area contributed by atoms with Crippen molar-refractivity contribution < 1.29 is 5.11 Å². The zero-order valence-electron chi connectivity index (χ0n) is 10.3. The summed E-state index contributed by atoms with van der Waals surface area (Å²) in [5.74, 6) is 2.65. The molecule has 0 radical (unpaired) electrons. The van der Waals surface area contributed by atoms with Crippen LogP contribution < -0.4 is 0 Å². The monoisotopic (exact) mass is 216 g/mol. The highest BCUT2D eigenvalue weighted by atomic mass is 16.3. The van der Waals surface area contributed by atoms with Gasteiger partial charge in [-0.25, -0.2) is 0 Å². The largest absolute Gasteiger partial charge is 0.393 e. The highest BCUT2D eigenvalue weighted by Crippen LogP contribution is 2.32. The molecule has 86 valence electrons. The summed E-state index contributed by atoms with van der Waals surface area (Å²) in [6, 6.07) is 8.31. The number of rotatable bonds is 4. The molecule has 0 saturated carbocycles. The molecule has 0 aliphatic carbocycles. The lowest BCUT2D eigenvalue weighted by Crippen LogP contribution is -2.34. The normalized spacial score (nSPS) is 16.2. The Morgan fingerprint density at radius 2 is 1.94 bits per heavy atom. The molecule has 1 N–H and O–H groups in total. The molecule has 1 aromatic rings. The molecular weight excluding hydrogens is 196 g/mol. The van der Waals surface area contributed by atoms with Crippen molar-refractivity contribution in [1.82, 2.24) is 0 Å². The summed E-state index contributed by atoms with van der Waals surface area (Å²) in [6.07, 6.45) is 6.41. The first-order valence-electron chi connectivity index (χ1n) is 5.69. The average molecular weight is 216 g/mol. The fourth-order valence-corrected chi connectivity index (χ4v) is 1.86. The van der Waals surface area contributed by atoms with E-state index in [1.165, 1.54) is 5.56 Å². The van der Waals surface area contributed by atoms with E-state index in [4.69, 9.17) is 6.42 Å². The van der Waals surface area contributed by atoms with Gasteiger partial charge in [-0.05, 0) is 25.8 Å². The molecule has 1 aromatic carbocycles. The SMILES string of the molecule is C#CCCC(C)(c1ccc(C)cc1)C(C)O. The van der Waals surface area contributed by atoms with Crippen molar-refractivity contribution >= 4 is 0 Å². The van der Waals surface area contributed by atoms with Crippen LogP contribution in [-0.2, 0) is 5.41 Å². The lowest BCUT2D eigenvalue weighted by Gasteiger charge is -2.33. The highest BCUT2D eigenvalue weighted by Gasteiger charge is 2.31. The van der Waals surface area contributed by atoms with E-state index in [0.29, 0.717) is 6.42 Å². The molecule has 16 heavy (non-hydrogen) atoms. The van der Waals surface area contributed by atoms with E-state index >= 15 is 0 Å². The fraction of sp³-hybridized carbons (Fsp3) is 0.467. The highest BCUT2D eigenvalue weighted by molar-refractivity contribution is 5.29. The Labute approximate surface area is 98.5 Å². The summed E-state index contributed by atoms with van der Waals surface area (Å²) < 4.78 is 0. The summed E-state index contributed by atoms with van der Waals surface area (Å²) in [4.78, 5) is 0. The standard InChI is InChI=1S/C15H20O/c1-5-6-11-15(4,13(3)16)14-9-7-12(2)8-10-14/h1,7-10,13,16H,6,11H2,2-4H3. The van der Waals surface area contributed by atoms with Crippen LogP contribution in [0.4, 0.5) is 0 Å². The van der Waals surface area contributed by atoms with E-state index in [1.807, 2.05) is 6.92 Å². The molecule has 1 rings (SSSR count). The topological polar surface area (TPSA) is 20.2 Å². The predicted octanol–water partition coefficient (Wildman–Crippen LogP) is 3.05. The maximum absolute atomic E-state index is 9.95. The second-order valence-corrected chi connectivity index (χ2v) is 4.66. The van der Waals surface area contributed by atoms with Gasteiger partial charge in [-0.15, -0.1) is 12.3 Å². The van der Waals surface area contributed by atoms with Crippen LogP contribution in [0.15, 0.2) is 24.3 Å². The van der Waals surface area contributed by atoms with Crippen LogP contribution in [0.3, 0.4) is 0 Å². The Kier molecular flexibility index (Phi) is 4.15. The second kappa shape index (κ2) is 5.18. The lowest BCUT2D eigenvalue weighted by atomic mass is 9.74. The van der Waals surface area contributed by atoms with Crippen LogP contribution in [0.1, 0.15) is 37.8 Å². The molecule has 1 nitrogen and oxygen atoms in total. The molecule has 1 heteroatoms. The summed E-state index contributed by atoms with van der Waals surface area (Å²) in [5.41, 5.74) is 2.14. The molecule has 2 atom stereocenters. The molecule has 0 bridgehead atoms. The van der Waals surface area contributed by atoms with Crippen molar-refractivity contribution in [3.05, 3.63) is 35.4 Å². The van der Waals surface area contributed by atoms with Gasteiger partial charge < -0.3 is 5.11 Å². The molecular formula is C15H20O. The summed E-state index contributed by atoms with van der Waals surface area (Å²) in [5, 5.41) is 9.95. The molecule has 0 aliphatic rings. The van der Waals surface area contributed by atoms with Crippen molar-refractivity contribution in [3.8, 4) is 12.3 Å². The van der Waals surface area contributed by atoms with E-state index in [-0.39, 0.29) is 5.41 Å². The van der Waals surface area contributed by atoms with Crippen LogP contribution >= 0.6 is 0 Å². The van der Waals surface area contributed by atoms with E-state index in [2.05, 4.69) is 44.0 Å². The van der Waals surface area contributed by atoms with Crippen molar-refractivity contribution in [2.45, 2.75) is 45.1 Å². The van der Waals surface area contributed by atoms with Crippen molar-refractivity contribution in [1.29, 1.82) is 0 Å². The predicted molar refractivity (Wildman–Crippen MR) is 68.3 cm³/mol. The molecule has 0 aliphatic heterocycles. The Hall–Kier alpha value is -1.26. The quantitative estimate of drug-likeness (QED) is 0.767. The van der Waals surface area contributed by atoms with Gasteiger partial charge in [0.2, 0.25) is 0 Å². The van der Waals surface area contributed by atoms with E-state index in [0.717, 1.165) is 12.0 Å². The Morgan fingerprint density at radius 3 is 2.38 bits per heavy atom. The minimum Gasteiger partial charge on any atom is -0.393 e. The minimum atomic E-state index is -0.399. The number of aryl methyl sites for hydroxylation is 1. The van der Waals surface area contributed by atoms with E-state index in [9.17, 15) is 5.11 Å². The number of hydrogen-bond donors (Lipinski definition) is 1. The fourth-order valence-electron chi connectivity index (χ4n) is 1.86. The zero-order valence-corrected chi connectivity index (χ0v) is 10.3. The van der Waals surface area contributed by atoms with Gasteiger partial charge in [0.05, 0.1) is 6.10 Å². The van der Waals surface area contributed by atoms with Crippen molar-refractivity contribution in [2.24, 2.45) is 0 Å². The molecule has 0 aromatic heterocycles. The van der Waals surface area contributed by atoms with Gasteiger partial charge >= 0.3 is 0 Å². The third-order valence-electron chi connectivity index (χ3n) is 3.42. The molecule has 0 heterocycles. The summed E-state index contributed by atoms with van der Waals surface area (Å²) in [6.45, 7) is 5.96. The maximum Gasteiger partial charge on any atom is 0.0606 e. The molecule has 0 fully saturated rings. The molecule has 0 saturated heterocycles. The van der Waals surface area contributed by atoms with Crippen LogP contribution in [0.5, 0.6) is 0 Å². The van der Waals surface area contributed by atoms with Gasteiger partial charge in [0.1, 0.15) is 0 Å². The van der Waals surface area contributed by atoms with Crippen LogP contribution in [0.25, 0.3) is 0 Å². The molecule has 0 amide bonds. The van der Waals surface area contributed by atoms with Crippen LogP contribution in [0, 0.1) is 19.3 Å². The number of aliphatic hydroxyl groups excluding tert-OH is 1.